The lowest BCUT2D eigenvalue weighted by Crippen LogP contribution is -2.32. The number of hydrogen-bond donors (Lipinski definition) is 2. The summed E-state index contributed by atoms with van der Waals surface area (Å²) in [5.41, 5.74) is -0.454. The van der Waals surface area contributed by atoms with E-state index in [4.69, 9.17) is 11.6 Å². The smallest absolute Gasteiger partial charge is 0.354 e. The number of aromatic nitrogens is 1. The van der Waals surface area contributed by atoms with Gasteiger partial charge in [-0.05, 0) is 37.1 Å². The van der Waals surface area contributed by atoms with Gasteiger partial charge in [0.25, 0.3) is 5.91 Å². The van der Waals surface area contributed by atoms with Crippen LogP contribution in [0.2, 0.25) is 5.02 Å². The van der Waals surface area contributed by atoms with E-state index >= 15 is 0 Å². The summed E-state index contributed by atoms with van der Waals surface area (Å²) in [5, 5.41) is 5.59. The summed E-state index contributed by atoms with van der Waals surface area (Å²) in [5.74, 6) is -0.278. The van der Waals surface area contributed by atoms with E-state index < -0.39 is 11.7 Å². The quantitative estimate of drug-likeness (QED) is 0.765. The largest absolute Gasteiger partial charge is 0.418 e. The molecule has 1 aromatic heterocycles. The molecule has 2 N–H and O–H groups in total. The minimum Gasteiger partial charge on any atom is -0.354 e. The molecule has 0 unspecified atom stereocenters. The van der Waals surface area contributed by atoms with Crippen molar-refractivity contribution in [3.05, 3.63) is 52.8 Å². The molecular weight excluding hydrogens is 367 g/mol. The molecule has 26 heavy (non-hydrogen) atoms. The fourth-order valence-electron chi connectivity index (χ4n) is 2.99. The van der Waals surface area contributed by atoms with Crippen LogP contribution in [0.4, 0.5) is 24.5 Å². The Labute approximate surface area is 153 Å². The maximum absolute atomic E-state index is 13.2. The first-order valence-corrected chi connectivity index (χ1v) is 8.60. The molecule has 1 aliphatic carbocycles. The molecule has 0 atom stereocenters. The molecule has 3 rings (SSSR count). The third-order valence-electron chi connectivity index (χ3n) is 4.26. The van der Waals surface area contributed by atoms with Gasteiger partial charge in [0.15, 0.2) is 0 Å². The van der Waals surface area contributed by atoms with Crippen LogP contribution in [0.25, 0.3) is 0 Å². The van der Waals surface area contributed by atoms with Gasteiger partial charge in [0.2, 0.25) is 0 Å². The van der Waals surface area contributed by atoms with Gasteiger partial charge in [-0.1, -0.05) is 24.4 Å². The lowest BCUT2D eigenvalue weighted by atomic mass is 10.1. The van der Waals surface area contributed by atoms with Gasteiger partial charge in [0.05, 0.1) is 28.7 Å². The Balaban J connectivity index is 1.80. The van der Waals surface area contributed by atoms with Crippen molar-refractivity contribution in [1.82, 2.24) is 10.3 Å². The summed E-state index contributed by atoms with van der Waals surface area (Å²) in [7, 11) is 0. The molecule has 0 bridgehead atoms. The van der Waals surface area contributed by atoms with Gasteiger partial charge >= 0.3 is 6.18 Å². The highest BCUT2D eigenvalue weighted by Crippen LogP contribution is 2.37. The standard InChI is InChI=1S/C18H17ClF3N3O/c19-12-5-6-16(15(8-12)18(20,21)22)24-14-7-11(9-23-10-14)17(26)25-13-3-1-2-4-13/h5-10,13,24H,1-4H2,(H,25,26). The fourth-order valence-corrected chi connectivity index (χ4v) is 3.16. The van der Waals surface area contributed by atoms with E-state index in [0.717, 1.165) is 31.7 Å². The number of benzene rings is 1. The molecule has 0 spiro atoms. The molecule has 1 fully saturated rings. The van der Waals surface area contributed by atoms with Crippen molar-refractivity contribution in [3.8, 4) is 0 Å². The van der Waals surface area contributed by atoms with Crippen LogP contribution in [0, 0.1) is 0 Å². The molecular formula is C18H17ClF3N3O. The number of anilines is 2. The zero-order chi connectivity index (χ0) is 18.7. The first-order valence-electron chi connectivity index (χ1n) is 8.22. The number of hydrogen-bond acceptors (Lipinski definition) is 3. The van der Waals surface area contributed by atoms with Crippen LogP contribution in [0.5, 0.6) is 0 Å². The molecule has 8 heteroatoms. The topological polar surface area (TPSA) is 54.0 Å². The van der Waals surface area contributed by atoms with E-state index in [1.807, 2.05) is 0 Å². The molecule has 2 aromatic rings. The molecule has 0 saturated heterocycles. The van der Waals surface area contributed by atoms with E-state index in [1.54, 1.807) is 0 Å². The molecule has 0 radical (unpaired) electrons. The molecule has 1 aliphatic rings. The maximum atomic E-state index is 13.2. The number of nitrogens with one attached hydrogen (secondary N) is 2. The molecule has 138 valence electrons. The highest BCUT2D eigenvalue weighted by atomic mass is 35.5. The van der Waals surface area contributed by atoms with Gasteiger partial charge in [0, 0.05) is 17.3 Å². The number of halogens is 4. The molecule has 0 aliphatic heterocycles. The third kappa shape index (κ3) is 4.46. The van der Waals surface area contributed by atoms with Crippen molar-refractivity contribution in [2.24, 2.45) is 0 Å². The summed E-state index contributed by atoms with van der Waals surface area (Å²) in [6.07, 6.45) is 2.25. The minimum absolute atomic E-state index is 0.00862. The molecule has 1 aromatic carbocycles. The zero-order valence-electron chi connectivity index (χ0n) is 13.7. The average Bonchev–Trinajstić information content (AvgIpc) is 3.09. The number of alkyl halides is 3. The summed E-state index contributed by atoms with van der Waals surface area (Å²) in [6, 6.07) is 5.09. The zero-order valence-corrected chi connectivity index (χ0v) is 14.5. The second kappa shape index (κ2) is 7.53. The lowest BCUT2D eigenvalue weighted by molar-refractivity contribution is -0.136. The first-order chi connectivity index (χ1) is 12.3. The highest BCUT2D eigenvalue weighted by molar-refractivity contribution is 6.30. The van der Waals surface area contributed by atoms with Gasteiger partial charge in [0.1, 0.15) is 0 Å². The average molecular weight is 384 g/mol. The van der Waals surface area contributed by atoms with Crippen LogP contribution >= 0.6 is 11.6 Å². The van der Waals surface area contributed by atoms with Crippen LogP contribution < -0.4 is 10.6 Å². The van der Waals surface area contributed by atoms with Crippen LogP contribution in [0.15, 0.2) is 36.7 Å². The normalized spacial score (nSPS) is 15.1. The van der Waals surface area contributed by atoms with Crippen LogP contribution in [0.1, 0.15) is 41.6 Å². The Morgan fingerprint density at radius 3 is 2.58 bits per heavy atom. The second-order valence-electron chi connectivity index (χ2n) is 6.23. The molecule has 1 amide bonds. The number of nitrogens with zero attached hydrogens (tertiary/aromatic N) is 1. The van der Waals surface area contributed by atoms with Gasteiger partial charge in [-0.15, -0.1) is 0 Å². The molecule has 1 heterocycles. The van der Waals surface area contributed by atoms with Crippen molar-refractivity contribution in [1.29, 1.82) is 0 Å². The van der Waals surface area contributed by atoms with E-state index in [9.17, 15) is 18.0 Å². The SMILES string of the molecule is O=C(NC1CCCC1)c1cncc(Nc2ccc(Cl)cc2C(F)(F)F)c1. The van der Waals surface area contributed by atoms with Crippen molar-refractivity contribution < 1.29 is 18.0 Å². The predicted molar refractivity (Wildman–Crippen MR) is 93.7 cm³/mol. The van der Waals surface area contributed by atoms with Crippen LogP contribution in [-0.2, 0) is 6.18 Å². The summed E-state index contributed by atoms with van der Waals surface area (Å²) in [4.78, 5) is 16.3. The van der Waals surface area contributed by atoms with Gasteiger partial charge < -0.3 is 10.6 Å². The summed E-state index contributed by atoms with van der Waals surface area (Å²) in [6.45, 7) is 0. The Kier molecular flexibility index (Phi) is 5.36. The van der Waals surface area contributed by atoms with Crippen LogP contribution in [-0.4, -0.2) is 16.9 Å². The van der Waals surface area contributed by atoms with E-state index in [-0.39, 0.29) is 28.3 Å². The summed E-state index contributed by atoms with van der Waals surface area (Å²) < 4.78 is 39.6. The van der Waals surface area contributed by atoms with Crippen molar-refractivity contribution >= 4 is 28.9 Å². The minimum atomic E-state index is -4.56. The number of carbonyl (C=O) groups excluding carboxylic acids is 1. The Bertz CT molecular complexity index is 805. The Morgan fingerprint density at radius 2 is 1.88 bits per heavy atom. The van der Waals surface area contributed by atoms with Gasteiger partial charge in [-0.25, -0.2) is 0 Å². The van der Waals surface area contributed by atoms with Crippen molar-refractivity contribution in [2.75, 3.05) is 5.32 Å². The van der Waals surface area contributed by atoms with Crippen molar-refractivity contribution in [2.45, 2.75) is 37.9 Å². The Hall–Kier alpha value is -2.28. The first kappa shape index (κ1) is 18.5. The van der Waals surface area contributed by atoms with Crippen LogP contribution in [0.3, 0.4) is 0 Å². The summed E-state index contributed by atoms with van der Waals surface area (Å²) >= 11 is 5.68. The predicted octanol–water partition coefficient (Wildman–Crippen LogP) is 5.17. The fraction of sp³-hybridized carbons (Fsp3) is 0.333. The van der Waals surface area contributed by atoms with E-state index in [1.165, 1.54) is 30.6 Å². The third-order valence-corrected chi connectivity index (χ3v) is 4.49. The van der Waals surface area contributed by atoms with E-state index in [0.29, 0.717) is 5.56 Å². The molecule has 4 nitrogen and oxygen atoms in total. The highest BCUT2D eigenvalue weighted by Gasteiger charge is 2.34. The Morgan fingerprint density at radius 1 is 1.15 bits per heavy atom. The van der Waals surface area contributed by atoms with E-state index in [2.05, 4.69) is 15.6 Å². The lowest BCUT2D eigenvalue weighted by Gasteiger charge is -2.16. The van der Waals surface area contributed by atoms with Crippen molar-refractivity contribution in [3.63, 3.8) is 0 Å². The number of amides is 1. The van der Waals surface area contributed by atoms with Gasteiger partial charge in [-0.3, -0.25) is 9.78 Å². The second-order valence-corrected chi connectivity index (χ2v) is 6.67. The maximum Gasteiger partial charge on any atom is 0.418 e. The number of rotatable bonds is 4. The van der Waals surface area contributed by atoms with Gasteiger partial charge in [-0.2, -0.15) is 13.2 Å². The number of carbonyl (C=O) groups is 1. The number of pyridine rings is 1. The molecule has 1 saturated carbocycles. The monoisotopic (exact) mass is 383 g/mol.